The van der Waals surface area contributed by atoms with Gasteiger partial charge in [-0.25, -0.2) is 0 Å². The highest BCUT2D eigenvalue weighted by Gasteiger charge is 1.99. The van der Waals surface area contributed by atoms with Crippen molar-refractivity contribution >= 4 is 8.80 Å². The Bertz CT molecular complexity index is 110. The number of hydrogen-bond donors (Lipinski definition) is 0. The van der Waals surface area contributed by atoms with Crippen molar-refractivity contribution in [2.75, 3.05) is 0 Å². The monoisotopic (exact) mass is 121 g/mol. The van der Waals surface area contributed by atoms with Crippen LogP contribution in [0.25, 0.3) is 0 Å². The molecule has 0 aliphatic carbocycles. The second-order valence-electron chi connectivity index (χ2n) is 1.52. The van der Waals surface area contributed by atoms with Gasteiger partial charge in [0.05, 0.1) is 0 Å². The third-order valence-corrected chi connectivity index (χ3v) is 2.55. The van der Waals surface area contributed by atoms with Gasteiger partial charge in [0, 0.05) is 0 Å². The summed E-state index contributed by atoms with van der Waals surface area (Å²) in [6.07, 6.45) is 11.4. The zero-order chi connectivity index (χ0) is 6.41. The molecule has 41 valence electrons. The summed E-state index contributed by atoms with van der Waals surface area (Å²) >= 11 is 0. The zero-order valence-electron chi connectivity index (χ0n) is 5.07. The highest BCUT2D eigenvalue weighted by atomic mass is 28.3. The van der Waals surface area contributed by atoms with E-state index < -0.39 is 8.80 Å². The summed E-state index contributed by atoms with van der Waals surface area (Å²) in [5.74, 6) is 0. The Hall–Kier alpha value is -0.663. The van der Waals surface area contributed by atoms with Crippen LogP contribution in [0.5, 0.6) is 0 Å². The molecule has 0 unspecified atom stereocenters. The fourth-order valence-corrected chi connectivity index (χ4v) is 1.31. The predicted molar refractivity (Wildman–Crippen MR) is 38.5 cm³/mol. The van der Waals surface area contributed by atoms with Crippen LogP contribution >= 0.6 is 0 Å². The van der Waals surface area contributed by atoms with E-state index in [0.29, 0.717) is 0 Å². The third kappa shape index (κ3) is 2.50. The van der Waals surface area contributed by atoms with Crippen LogP contribution in [-0.4, -0.2) is 8.80 Å². The molecule has 0 saturated heterocycles. The molecule has 1 heteroatoms. The largest absolute Gasteiger partial charge is 0.233 e. The Kier molecular flexibility index (Phi) is 4.12. The van der Waals surface area contributed by atoms with Crippen LogP contribution in [0.2, 0.25) is 6.04 Å². The molecule has 0 rings (SSSR count). The maximum atomic E-state index is 5.12. The van der Waals surface area contributed by atoms with Crippen LogP contribution in [0.3, 0.4) is 0 Å². The van der Waals surface area contributed by atoms with Crippen LogP contribution in [-0.2, 0) is 0 Å². The Morgan fingerprint density at radius 2 is 1.88 bits per heavy atom. The minimum atomic E-state index is -0.819. The van der Waals surface area contributed by atoms with Gasteiger partial charge < -0.3 is 0 Å². The normalized spacial score (nSPS) is 8.00. The maximum absolute atomic E-state index is 5.12. The van der Waals surface area contributed by atoms with Gasteiger partial charge in [0.1, 0.15) is 0 Å². The van der Waals surface area contributed by atoms with Gasteiger partial charge in [-0.05, 0) is 6.04 Å². The van der Waals surface area contributed by atoms with E-state index in [1.165, 1.54) is 0 Å². The van der Waals surface area contributed by atoms with Gasteiger partial charge >= 0.3 is 0 Å². The Balaban J connectivity index is 3.46. The topological polar surface area (TPSA) is 0 Å². The number of hydrogen-bond acceptors (Lipinski definition) is 0. The molecule has 0 N–H and O–H groups in total. The lowest BCUT2D eigenvalue weighted by Crippen LogP contribution is -2.04. The van der Waals surface area contributed by atoms with E-state index >= 15 is 0 Å². The highest BCUT2D eigenvalue weighted by Crippen LogP contribution is 1.92. The van der Waals surface area contributed by atoms with Crippen LogP contribution in [0.1, 0.15) is 13.3 Å². The smallest absolute Gasteiger partial charge is 0.126 e. The number of terminal acetylenes is 2. The zero-order valence-corrected chi connectivity index (χ0v) is 6.07. The summed E-state index contributed by atoms with van der Waals surface area (Å²) in [5, 5.41) is 0. The maximum Gasteiger partial charge on any atom is 0.233 e. The first-order valence-corrected chi connectivity index (χ1v) is 4.35. The van der Waals surface area contributed by atoms with Crippen molar-refractivity contribution in [3.05, 3.63) is 0 Å². The average Bonchev–Trinajstić information content (AvgIpc) is 1.83. The molecule has 1 radical (unpaired) electrons. The van der Waals surface area contributed by atoms with Gasteiger partial charge in [-0.1, -0.05) is 13.3 Å². The van der Waals surface area contributed by atoms with Crippen molar-refractivity contribution in [1.82, 2.24) is 0 Å². The standard InChI is InChI=1S/C7H9Si/c1-4-7-8(5-2)6-3/h2-3H,4,7H2,1H3. The molecule has 0 saturated carbocycles. The summed E-state index contributed by atoms with van der Waals surface area (Å²) < 4.78 is 0. The molecule has 0 atom stereocenters. The van der Waals surface area contributed by atoms with E-state index in [1.807, 2.05) is 0 Å². The van der Waals surface area contributed by atoms with Gasteiger partial charge in [0.2, 0.25) is 8.80 Å². The molecular formula is C7H9Si. The minimum absolute atomic E-state index is 0.819. The molecule has 0 amide bonds. The lowest BCUT2D eigenvalue weighted by Gasteiger charge is -1.91. The van der Waals surface area contributed by atoms with E-state index in [1.54, 1.807) is 0 Å². The van der Waals surface area contributed by atoms with E-state index in [9.17, 15) is 0 Å². The molecular weight excluding hydrogens is 112 g/mol. The van der Waals surface area contributed by atoms with Crippen molar-refractivity contribution in [2.45, 2.75) is 19.4 Å². The Labute approximate surface area is 52.9 Å². The molecule has 0 aromatic rings. The van der Waals surface area contributed by atoms with Crippen molar-refractivity contribution in [1.29, 1.82) is 0 Å². The lowest BCUT2D eigenvalue weighted by molar-refractivity contribution is 1.07. The summed E-state index contributed by atoms with van der Waals surface area (Å²) in [6.45, 7) is 2.10. The van der Waals surface area contributed by atoms with Crippen molar-refractivity contribution in [3.63, 3.8) is 0 Å². The average molecular weight is 121 g/mol. The summed E-state index contributed by atoms with van der Waals surface area (Å²) in [7, 11) is -0.819. The fourth-order valence-electron chi connectivity index (χ4n) is 0.436. The Morgan fingerprint density at radius 3 is 2.00 bits per heavy atom. The minimum Gasteiger partial charge on any atom is -0.126 e. The molecule has 0 aromatic carbocycles. The molecule has 0 fully saturated rings. The van der Waals surface area contributed by atoms with Crippen LogP contribution in [0.15, 0.2) is 0 Å². The molecule has 0 heterocycles. The second-order valence-corrected chi connectivity index (χ2v) is 3.55. The first-order valence-electron chi connectivity index (χ1n) is 2.64. The molecule has 0 aromatic heterocycles. The van der Waals surface area contributed by atoms with Crippen molar-refractivity contribution < 1.29 is 0 Å². The highest BCUT2D eigenvalue weighted by molar-refractivity contribution is 6.75. The lowest BCUT2D eigenvalue weighted by atomic mass is 10.6. The SMILES string of the molecule is C#C[Si](C#C)CCC. The first-order chi connectivity index (χ1) is 3.85. The van der Waals surface area contributed by atoms with Crippen LogP contribution < -0.4 is 0 Å². The fraction of sp³-hybridized carbons (Fsp3) is 0.429. The quantitative estimate of drug-likeness (QED) is 0.381. The summed E-state index contributed by atoms with van der Waals surface area (Å²) in [4.78, 5) is 0. The van der Waals surface area contributed by atoms with Gasteiger partial charge in [-0.3, -0.25) is 0 Å². The number of rotatable bonds is 2. The van der Waals surface area contributed by atoms with E-state index in [0.717, 1.165) is 12.5 Å². The van der Waals surface area contributed by atoms with Crippen molar-refractivity contribution in [3.8, 4) is 23.9 Å². The van der Waals surface area contributed by atoms with E-state index in [2.05, 4.69) is 18.0 Å². The molecule has 8 heavy (non-hydrogen) atoms. The van der Waals surface area contributed by atoms with Crippen LogP contribution in [0, 0.1) is 23.9 Å². The van der Waals surface area contributed by atoms with Crippen LogP contribution in [0.4, 0.5) is 0 Å². The summed E-state index contributed by atoms with van der Waals surface area (Å²) in [6, 6.07) is 1.05. The van der Waals surface area contributed by atoms with Gasteiger partial charge in [0.15, 0.2) is 0 Å². The van der Waals surface area contributed by atoms with Crippen molar-refractivity contribution in [2.24, 2.45) is 0 Å². The molecule has 0 aliphatic heterocycles. The van der Waals surface area contributed by atoms with Gasteiger partial charge in [-0.2, -0.15) is 0 Å². The van der Waals surface area contributed by atoms with Gasteiger partial charge in [-0.15, -0.1) is 23.9 Å². The third-order valence-electron chi connectivity index (χ3n) is 0.848. The second kappa shape index (κ2) is 4.49. The Morgan fingerprint density at radius 1 is 1.38 bits per heavy atom. The molecule has 0 nitrogen and oxygen atoms in total. The predicted octanol–water partition coefficient (Wildman–Crippen LogP) is 1.24. The first kappa shape index (κ1) is 7.34. The molecule has 0 aliphatic rings. The molecule has 0 spiro atoms. The molecule has 0 bridgehead atoms. The van der Waals surface area contributed by atoms with Gasteiger partial charge in [0.25, 0.3) is 0 Å². The summed E-state index contributed by atoms with van der Waals surface area (Å²) in [5.41, 5.74) is 5.24. The van der Waals surface area contributed by atoms with E-state index in [4.69, 9.17) is 12.8 Å². The van der Waals surface area contributed by atoms with E-state index in [-0.39, 0.29) is 0 Å².